The van der Waals surface area contributed by atoms with Crippen LogP contribution >= 0.6 is 0 Å². The summed E-state index contributed by atoms with van der Waals surface area (Å²) in [6.07, 6.45) is -2.47. The highest BCUT2D eigenvalue weighted by Gasteiger charge is 2.30. The zero-order valence-corrected chi connectivity index (χ0v) is 18.0. The Morgan fingerprint density at radius 3 is 2.19 bits per heavy atom. The molecule has 2 N–H and O–H groups in total. The molecular weight excluding hydrogens is 419 g/mol. The number of aryl methyl sites for hydroxylation is 1. The molecule has 32 heavy (non-hydrogen) atoms. The van der Waals surface area contributed by atoms with Crippen LogP contribution in [0.15, 0.2) is 48.5 Å². The van der Waals surface area contributed by atoms with Gasteiger partial charge in [0.25, 0.3) is 5.91 Å². The highest BCUT2D eigenvalue weighted by molar-refractivity contribution is 5.96. The Morgan fingerprint density at radius 2 is 1.59 bits per heavy atom. The minimum atomic E-state index is -4.45. The molecule has 2 aromatic rings. The molecule has 0 aliphatic carbocycles. The summed E-state index contributed by atoms with van der Waals surface area (Å²) in [6.45, 7) is 5.27. The van der Waals surface area contributed by atoms with E-state index in [2.05, 4.69) is 46.7 Å². The summed E-state index contributed by atoms with van der Waals surface area (Å²) in [6, 6.07) is 12.4. The van der Waals surface area contributed by atoms with Crippen LogP contribution < -0.4 is 10.6 Å². The van der Waals surface area contributed by atoms with Gasteiger partial charge in [0.2, 0.25) is 5.91 Å². The molecule has 0 saturated carbocycles. The SMILES string of the molecule is Cc1ccc(CN2CCC(CNC(=O)CNC(=O)c3ccc(C(F)(F)F)cc3)CC2)cc1. The first-order valence-electron chi connectivity index (χ1n) is 10.7. The number of nitrogens with one attached hydrogen (secondary N) is 2. The molecule has 0 aromatic heterocycles. The molecule has 172 valence electrons. The van der Waals surface area contributed by atoms with Crippen molar-refractivity contribution < 1.29 is 22.8 Å². The molecule has 5 nitrogen and oxygen atoms in total. The number of nitrogens with zero attached hydrogens (tertiary/aromatic N) is 1. The third-order valence-corrected chi connectivity index (χ3v) is 5.71. The number of halogens is 3. The van der Waals surface area contributed by atoms with E-state index in [0.717, 1.165) is 56.7 Å². The minimum absolute atomic E-state index is 0.0757. The van der Waals surface area contributed by atoms with Gasteiger partial charge in [0.1, 0.15) is 0 Å². The topological polar surface area (TPSA) is 61.4 Å². The van der Waals surface area contributed by atoms with Crippen LogP contribution in [0.5, 0.6) is 0 Å². The maximum Gasteiger partial charge on any atom is 0.416 e. The molecule has 1 heterocycles. The molecule has 0 radical (unpaired) electrons. The standard InChI is InChI=1S/C24H28F3N3O2/c1-17-2-4-19(5-3-17)16-30-12-10-18(11-13-30)14-28-22(31)15-29-23(32)20-6-8-21(9-7-20)24(25,26)27/h2-9,18H,10-16H2,1H3,(H,28,31)(H,29,32). The second kappa shape index (κ2) is 10.6. The van der Waals surface area contributed by atoms with E-state index in [1.165, 1.54) is 11.1 Å². The largest absolute Gasteiger partial charge is 0.416 e. The molecule has 0 spiro atoms. The maximum atomic E-state index is 12.6. The summed E-state index contributed by atoms with van der Waals surface area (Å²) in [5.74, 6) is -0.510. The fourth-order valence-electron chi connectivity index (χ4n) is 3.69. The third-order valence-electron chi connectivity index (χ3n) is 5.71. The zero-order valence-electron chi connectivity index (χ0n) is 18.0. The van der Waals surface area contributed by atoms with E-state index in [9.17, 15) is 22.8 Å². The van der Waals surface area contributed by atoms with Crippen LogP contribution in [0.3, 0.4) is 0 Å². The molecule has 1 aliphatic rings. The lowest BCUT2D eigenvalue weighted by atomic mass is 9.96. The van der Waals surface area contributed by atoms with Gasteiger partial charge in [-0.15, -0.1) is 0 Å². The third kappa shape index (κ3) is 7.09. The van der Waals surface area contributed by atoms with Gasteiger partial charge in [-0.3, -0.25) is 14.5 Å². The summed E-state index contributed by atoms with van der Waals surface area (Å²) in [7, 11) is 0. The molecule has 8 heteroatoms. The van der Waals surface area contributed by atoms with Crippen molar-refractivity contribution in [1.29, 1.82) is 0 Å². The van der Waals surface area contributed by atoms with Gasteiger partial charge in [0, 0.05) is 18.7 Å². The van der Waals surface area contributed by atoms with Crippen molar-refractivity contribution in [3.05, 3.63) is 70.8 Å². The fraction of sp³-hybridized carbons (Fsp3) is 0.417. The number of carbonyl (C=O) groups is 2. The van der Waals surface area contributed by atoms with Gasteiger partial charge in [0.05, 0.1) is 12.1 Å². The van der Waals surface area contributed by atoms with Gasteiger partial charge in [-0.2, -0.15) is 13.2 Å². The first-order chi connectivity index (χ1) is 15.2. The van der Waals surface area contributed by atoms with Crippen molar-refractivity contribution in [1.82, 2.24) is 15.5 Å². The molecule has 0 atom stereocenters. The van der Waals surface area contributed by atoms with E-state index in [1.807, 2.05) is 0 Å². The van der Waals surface area contributed by atoms with E-state index >= 15 is 0 Å². The number of rotatable bonds is 7. The Hall–Kier alpha value is -2.87. The lowest BCUT2D eigenvalue weighted by Crippen LogP contribution is -2.41. The van der Waals surface area contributed by atoms with Crippen LogP contribution in [0.25, 0.3) is 0 Å². The number of likely N-dealkylation sites (tertiary alicyclic amines) is 1. The van der Waals surface area contributed by atoms with Gasteiger partial charge in [-0.05, 0) is 68.6 Å². The number of piperidine rings is 1. The van der Waals surface area contributed by atoms with Crippen molar-refractivity contribution in [3.63, 3.8) is 0 Å². The zero-order chi connectivity index (χ0) is 23.1. The molecule has 1 saturated heterocycles. The van der Waals surface area contributed by atoms with Crippen molar-refractivity contribution in [2.45, 2.75) is 32.5 Å². The van der Waals surface area contributed by atoms with Gasteiger partial charge in [-0.1, -0.05) is 29.8 Å². The summed E-state index contributed by atoms with van der Waals surface area (Å²) in [4.78, 5) is 26.5. The molecule has 1 fully saturated rings. The molecule has 0 unspecified atom stereocenters. The number of alkyl halides is 3. The fourth-order valence-corrected chi connectivity index (χ4v) is 3.69. The van der Waals surface area contributed by atoms with Crippen LogP contribution in [0.2, 0.25) is 0 Å². The first-order valence-corrected chi connectivity index (χ1v) is 10.7. The molecule has 0 bridgehead atoms. The first kappa shape index (κ1) is 23.8. The van der Waals surface area contributed by atoms with Crippen LogP contribution in [0.1, 0.15) is 39.9 Å². The second-order valence-electron chi connectivity index (χ2n) is 8.27. The van der Waals surface area contributed by atoms with Gasteiger partial charge >= 0.3 is 6.18 Å². The summed E-state index contributed by atoms with van der Waals surface area (Å²) < 4.78 is 37.8. The Balaban J connectivity index is 1.34. The highest BCUT2D eigenvalue weighted by Crippen LogP contribution is 2.29. The predicted molar refractivity (Wildman–Crippen MR) is 116 cm³/mol. The van der Waals surface area contributed by atoms with Gasteiger partial charge in [0.15, 0.2) is 0 Å². The van der Waals surface area contributed by atoms with E-state index in [1.54, 1.807) is 0 Å². The van der Waals surface area contributed by atoms with Gasteiger partial charge in [-0.25, -0.2) is 0 Å². The number of hydrogen-bond donors (Lipinski definition) is 2. The number of carbonyl (C=O) groups excluding carboxylic acids is 2. The minimum Gasteiger partial charge on any atom is -0.354 e. The van der Waals surface area contributed by atoms with E-state index in [4.69, 9.17) is 0 Å². The Kier molecular flexibility index (Phi) is 7.90. The predicted octanol–water partition coefficient (Wildman–Crippen LogP) is 3.77. The second-order valence-corrected chi connectivity index (χ2v) is 8.27. The Morgan fingerprint density at radius 1 is 0.969 bits per heavy atom. The summed E-state index contributed by atoms with van der Waals surface area (Å²) in [5.41, 5.74) is 1.80. The molecular formula is C24H28F3N3O2. The smallest absolute Gasteiger partial charge is 0.354 e. The van der Waals surface area contributed by atoms with Gasteiger partial charge < -0.3 is 10.6 Å². The van der Waals surface area contributed by atoms with Crippen LogP contribution in [0.4, 0.5) is 13.2 Å². The highest BCUT2D eigenvalue weighted by atomic mass is 19.4. The monoisotopic (exact) mass is 447 g/mol. The van der Waals surface area contributed by atoms with E-state index in [0.29, 0.717) is 12.5 Å². The normalized spacial score (nSPS) is 15.4. The van der Waals surface area contributed by atoms with Crippen molar-refractivity contribution in [3.8, 4) is 0 Å². The van der Waals surface area contributed by atoms with Crippen LogP contribution in [-0.4, -0.2) is 42.9 Å². The van der Waals surface area contributed by atoms with Crippen LogP contribution in [-0.2, 0) is 17.5 Å². The Labute approximate surface area is 186 Å². The van der Waals surface area contributed by atoms with Crippen molar-refractivity contribution >= 4 is 11.8 Å². The van der Waals surface area contributed by atoms with Crippen molar-refractivity contribution in [2.75, 3.05) is 26.2 Å². The average Bonchev–Trinajstić information content (AvgIpc) is 2.78. The number of amides is 2. The van der Waals surface area contributed by atoms with E-state index < -0.39 is 17.6 Å². The van der Waals surface area contributed by atoms with E-state index in [-0.39, 0.29) is 18.0 Å². The molecule has 1 aliphatic heterocycles. The van der Waals surface area contributed by atoms with Crippen molar-refractivity contribution in [2.24, 2.45) is 5.92 Å². The summed E-state index contributed by atoms with van der Waals surface area (Å²) >= 11 is 0. The summed E-state index contributed by atoms with van der Waals surface area (Å²) in [5, 5.41) is 5.28. The number of hydrogen-bond acceptors (Lipinski definition) is 3. The number of benzene rings is 2. The molecule has 2 aromatic carbocycles. The Bertz CT molecular complexity index is 904. The molecule has 2 amide bonds. The quantitative estimate of drug-likeness (QED) is 0.679. The van der Waals surface area contributed by atoms with Crippen LogP contribution in [0, 0.1) is 12.8 Å². The lowest BCUT2D eigenvalue weighted by Gasteiger charge is -2.32. The maximum absolute atomic E-state index is 12.6. The average molecular weight is 448 g/mol. The lowest BCUT2D eigenvalue weighted by molar-refractivity contribution is -0.137. The molecule has 3 rings (SSSR count).